The molecule has 1 fully saturated rings. The molecule has 1 aromatic heterocycles. The van der Waals surface area contributed by atoms with Crippen LogP contribution in [0.3, 0.4) is 0 Å². The van der Waals surface area contributed by atoms with Crippen molar-refractivity contribution in [1.29, 1.82) is 0 Å². The van der Waals surface area contributed by atoms with E-state index in [1.807, 2.05) is 13.8 Å². The molecule has 112 valence electrons. The van der Waals surface area contributed by atoms with Gasteiger partial charge >= 0.3 is 0 Å². The van der Waals surface area contributed by atoms with E-state index in [4.69, 9.17) is 11.6 Å². The number of nitrogens with one attached hydrogen (secondary N) is 1. The Bertz CT molecular complexity index is 573. The van der Waals surface area contributed by atoms with Crippen LogP contribution >= 0.6 is 11.6 Å². The van der Waals surface area contributed by atoms with Gasteiger partial charge < -0.3 is 5.32 Å². The molecule has 0 amide bonds. The minimum Gasteiger partial charge on any atom is -0.369 e. The van der Waals surface area contributed by atoms with E-state index in [1.54, 1.807) is 0 Å². The van der Waals surface area contributed by atoms with E-state index in [1.165, 1.54) is 16.6 Å². The van der Waals surface area contributed by atoms with Gasteiger partial charge in [-0.05, 0) is 31.7 Å². The van der Waals surface area contributed by atoms with Crippen molar-refractivity contribution in [2.24, 2.45) is 5.92 Å². The summed E-state index contributed by atoms with van der Waals surface area (Å²) >= 11 is 6.07. The number of rotatable bonds is 7. The normalized spacial score (nSPS) is 15.6. The first-order valence-corrected chi connectivity index (χ1v) is 8.70. The highest BCUT2D eigenvalue weighted by Crippen LogP contribution is 2.32. The van der Waals surface area contributed by atoms with Gasteiger partial charge in [-0.2, -0.15) is 4.31 Å². The maximum absolute atomic E-state index is 12.6. The van der Waals surface area contributed by atoms with Crippen molar-refractivity contribution in [2.45, 2.75) is 31.6 Å². The molecule has 20 heavy (non-hydrogen) atoms. The monoisotopic (exact) mass is 317 g/mol. The molecule has 0 spiro atoms. The van der Waals surface area contributed by atoms with Crippen molar-refractivity contribution in [2.75, 3.05) is 25.0 Å². The summed E-state index contributed by atoms with van der Waals surface area (Å²) in [6, 6.07) is 1.47. The van der Waals surface area contributed by atoms with E-state index >= 15 is 0 Å². The van der Waals surface area contributed by atoms with Crippen molar-refractivity contribution >= 4 is 27.4 Å². The molecule has 2 rings (SSSR count). The van der Waals surface area contributed by atoms with Crippen LogP contribution in [0.1, 0.15) is 26.7 Å². The van der Waals surface area contributed by atoms with E-state index in [0.717, 1.165) is 12.8 Å². The lowest BCUT2D eigenvalue weighted by Crippen LogP contribution is -2.32. The van der Waals surface area contributed by atoms with Crippen molar-refractivity contribution in [3.63, 3.8) is 0 Å². The summed E-state index contributed by atoms with van der Waals surface area (Å²) in [5.41, 5.74) is 0. The average molecular weight is 318 g/mol. The van der Waals surface area contributed by atoms with Crippen LogP contribution in [0.5, 0.6) is 0 Å². The molecule has 0 atom stereocenters. The molecule has 0 bridgehead atoms. The Balaban J connectivity index is 2.25. The highest BCUT2D eigenvalue weighted by molar-refractivity contribution is 7.89. The second-order valence-electron chi connectivity index (χ2n) is 4.93. The van der Waals surface area contributed by atoms with Crippen LogP contribution in [0.4, 0.5) is 5.82 Å². The maximum Gasteiger partial charge on any atom is 0.244 e. The quantitative estimate of drug-likeness (QED) is 0.839. The SMILES string of the molecule is CCNc1ncc(S(=O)(=O)N(CC)CC2CC2)cc1Cl. The molecule has 0 saturated heterocycles. The zero-order chi connectivity index (χ0) is 14.8. The summed E-state index contributed by atoms with van der Waals surface area (Å²) in [5, 5.41) is 3.32. The summed E-state index contributed by atoms with van der Waals surface area (Å²) < 4.78 is 26.6. The summed E-state index contributed by atoms with van der Waals surface area (Å²) in [6.45, 7) is 5.51. The first-order valence-electron chi connectivity index (χ1n) is 6.88. The molecule has 7 heteroatoms. The Kier molecular flexibility index (Phi) is 4.88. The van der Waals surface area contributed by atoms with Crippen LogP contribution in [0, 0.1) is 5.92 Å². The lowest BCUT2D eigenvalue weighted by Gasteiger charge is -2.20. The lowest BCUT2D eigenvalue weighted by molar-refractivity contribution is 0.412. The third-order valence-corrected chi connectivity index (χ3v) is 5.50. The first kappa shape index (κ1) is 15.5. The molecule has 0 aliphatic heterocycles. The predicted octanol–water partition coefficient (Wildman–Crippen LogP) is 2.59. The fraction of sp³-hybridized carbons (Fsp3) is 0.615. The summed E-state index contributed by atoms with van der Waals surface area (Å²) in [6.07, 6.45) is 3.60. The van der Waals surface area contributed by atoms with Gasteiger partial charge in [0.25, 0.3) is 0 Å². The number of hydrogen-bond donors (Lipinski definition) is 1. The molecule has 1 aliphatic carbocycles. The molecule has 1 aromatic rings. The number of sulfonamides is 1. The van der Waals surface area contributed by atoms with Crippen LogP contribution in [0.15, 0.2) is 17.2 Å². The molecule has 1 heterocycles. The van der Waals surface area contributed by atoms with Crippen LogP contribution < -0.4 is 5.32 Å². The van der Waals surface area contributed by atoms with Gasteiger partial charge in [0.15, 0.2) is 0 Å². The molecule has 0 unspecified atom stereocenters. The molecular weight excluding hydrogens is 298 g/mol. The number of hydrogen-bond acceptors (Lipinski definition) is 4. The fourth-order valence-corrected chi connectivity index (χ4v) is 3.79. The van der Waals surface area contributed by atoms with E-state index in [9.17, 15) is 8.42 Å². The summed E-state index contributed by atoms with van der Waals surface area (Å²) in [4.78, 5) is 4.26. The molecular formula is C13H20ClN3O2S. The summed E-state index contributed by atoms with van der Waals surface area (Å²) in [7, 11) is -3.50. The van der Waals surface area contributed by atoms with Crippen molar-refractivity contribution < 1.29 is 8.42 Å². The Labute approximate surface area is 125 Å². The molecule has 0 radical (unpaired) electrons. The first-order chi connectivity index (χ1) is 9.48. The lowest BCUT2D eigenvalue weighted by atomic mass is 10.4. The molecule has 0 aromatic carbocycles. The topological polar surface area (TPSA) is 62.3 Å². The number of anilines is 1. The summed E-state index contributed by atoms with van der Waals surface area (Å²) in [5.74, 6) is 1.02. The van der Waals surface area contributed by atoms with Crippen molar-refractivity contribution in [3.8, 4) is 0 Å². The standard InChI is InChI=1S/C13H20ClN3O2S/c1-3-15-13-12(14)7-11(8-16-13)20(18,19)17(4-2)9-10-5-6-10/h7-8,10H,3-6,9H2,1-2H3,(H,15,16). The van der Waals surface area contributed by atoms with Gasteiger partial charge in [-0.15, -0.1) is 0 Å². The largest absolute Gasteiger partial charge is 0.369 e. The highest BCUT2D eigenvalue weighted by Gasteiger charge is 2.31. The molecule has 1 saturated carbocycles. The van der Waals surface area contributed by atoms with Crippen LogP contribution in [0.2, 0.25) is 5.02 Å². The second kappa shape index (κ2) is 6.28. The Morgan fingerprint density at radius 1 is 1.45 bits per heavy atom. The number of nitrogens with zero attached hydrogens (tertiary/aromatic N) is 2. The van der Waals surface area contributed by atoms with E-state index in [-0.39, 0.29) is 4.90 Å². The number of pyridine rings is 1. The predicted molar refractivity (Wildman–Crippen MR) is 80.6 cm³/mol. The van der Waals surface area contributed by atoms with Crippen LogP contribution in [-0.4, -0.2) is 37.3 Å². The van der Waals surface area contributed by atoms with Gasteiger partial charge in [0, 0.05) is 25.8 Å². The van der Waals surface area contributed by atoms with Gasteiger partial charge in [-0.3, -0.25) is 0 Å². The molecule has 5 nitrogen and oxygen atoms in total. The van der Waals surface area contributed by atoms with E-state index in [2.05, 4.69) is 10.3 Å². The third-order valence-electron chi connectivity index (χ3n) is 3.31. The van der Waals surface area contributed by atoms with E-state index < -0.39 is 10.0 Å². The third kappa shape index (κ3) is 3.42. The van der Waals surface area contributed by atoms with Crippen LogP contribution in [0.25, 0.3) is 0 Å². The van der Waals surface area contributed by atoms with Gasteiger partial charge in [-0.1, -0.05) is 18.5 Å². The van der Waals surface area contributed by atoms with E-state index in [0.29, 0.717) is 36.4 Å². The zero-order valence-electron chi connectivity index (χ0n) is 11.8. The van der Waals surface area contributed by atoms with Gasteiger partial charge in [0.2, 0.25) is 10.0 Å². The molecule has 1 aliphatic rings. The zero-order valence-corrected chi connectivity index (χ0v) is 13.3. The van der Waals surface area contributed by atoms with Gasteiger partial charge in [-0.25, -0.2) is 13.4 Å². The maximum atomic E-state index is 12.6. The Morgan fingerprint density at radius 2 is 2.15 bits per heavy atom. The highest BCUT2D eigenvalue weighted by atomic mass is 35.5. The second-order valence-corrected chi connectivity index (χ2v) is 7.28. The average Bonchev–Trinajstić information content (AvgIpc) is 3.22. The van der Waals surface area contributed by atoms with Crippen molar-refractivity contribution in [3.05, 3.63) is 17.3 Å². The Morgan fingerprint density at radius 3 is 2.65 bits per heavy atom. The fourth-order valence-electron chi connectivity index (χ4n) is 1.99. The van der Waals surface area contributed by atoms with Crippen molar-refractivity contribution in [1.82, 2.24) is 9.29 Å². The number of halogens is 1. The number of aromatic nitrogens is 1. The Hall–Kier alpha value is -0.850. The van der Waals surface area contributed by atoms with Gasteiger partial charge in [0.1, 0.15) is 10.7 Å². The minimum absolute atomic E-state index is 0.159. The smallest absolute Gasteiger partial charge is 0.244 e. The van der Waals surface area contributed by atoms with Gasteiger partial charge in [0.05, 0.1) is 5.02 Å². The molecule has 1 N–H and O–H groups in total. The minimum atomic E-state index is -3.50. The van der Waals surface area contributed by atoms with Crippen LogP contribution in [-0.2, 0) is 10.0 Å².